The second-order valence-electron chi connectivity index (χ2n) is 16.2. The Morgan fingerprint density at radius 2 is 1.17 bits per heavy atom. The summed E-state index contributed by atoms with van der Waals surface area (Å²) in [6, 6.07) is 26.3. The van der Waals surface area contributed by atoms with Gasteiger partial charge in [-0.2, -0.15) is 0 Å². The third-order valence-electron chi connectivity index (χ3n) is 11.9. The molecule has 0 atom stereocenters. The predicted molar refractivity (Wildman–Crippen MR) is 255 cm³/mol. The van der Waals surface area contributed by atoms with E-state index in [2.05, 4.69) is 94.0 Å². The van der Waals surface area contributed by atoms with Crippen LogP contribution in [0.1, 0.15) is 25.0 Å². The van der Waals surface area contributed by atoms with Crippen LogP contribution in [0.5, 0.6) is 17.2 Å². The highest BCUT2D eigenvalue weighted by Gasteiger charge is 2.21. The van der Waals surface area contributed by atoms with E-state index in [1.165, 1.54) is 4.68 Å². The third kappa shape index (κ3) is 11.0. The van der Waals surface area contributed by atoms with Crippen molar-refractivity contribution in [3.05, 3.63) is 107 Å². The number of aryl methyl sites for hydroxylation is 2. The Labute approximate surface area is 380 Å². The molecule has 65 heavy (non-hydrogen) atoms. The van der Waals surface area contributed by atoms with Crippen molar-refractivity contribution < 1.29 is 32.8 Å². The van der Waals surface area contributed by atoms with Crippen LogP contribution in [0.3, 0.4) is 0 Å². The number of anilines is 4. The van der Waals surface area contributed by atoms with E-state index in [1.807, 2.05) is 36.4 Å². The Bertz CT molecular complexity index is 2500. The molecule has 0 spiro atoms. The van der Waals surface area contributed by atoms with Gasteiger partial charge >= 0.3 is 5.63 Å². The van der Waals surface area contributed by atoms with Crippen molar-refractivity contribution in [1.82, 2.24) is 15.0 Å². The van der Waals surface area contributed by atoms with Crippen LogP contribution in [-0.4, -0.2) is 127 Å². The molecule has 4 heterocycles. The van der Waals surface area contributed by atoms with Crippen LogP contribution >= 0.6 is 0 Å². The average molecular weight is 888 g/mol. The molecule has 15 heteroatoms. The van der Waals surface area contributed by atoms with Gasteiger partial charge in [-0.15, -0.1) is 5.10 Å². The van der Waals surface area contributed by atoms with Crippen molar-refractivity contribution in [3.63, 3.8) is 0 Å². The molecule has 1 fully saturated rings. The van der Waals surface area contributed by atoms with Crippen molar-refractivity contribution in [2.45, 2.75) is 27.7 Å². The second kappa shape index (κ2) is 21.6. The van der Waals surface area contributed by atoms with Crippen molar-refractivity contribution in [2.75, 3.05) is 132 Å². The van der Waals surface area contributed by atoms with E-state index >= 15 is 0 Å². The first-order valence-corrected chi connectivity index (χ1v) is 22.7. The Kier molecular flexibility index (Phi) is 15.0. The first kappa shape index (κ1) is 45.3. The summed E-state index contributed by atoms with van der Waals surface area (Å²) in [5.74, 6) is 2.24. The van der Waals surface area contributed by atoms with Gasteiger partial charge in [0.1, 0.15) is 41.7 Å². The molecule has 6 aromatic rings. The molecule has 2 aliphatic rings. The lowest BCUT2D eigenvalue weighted by molar-refractivity contribution is 0.0530. The van der Waals surface area contributed by atoms with E-state index < -0.39 is 5.63 Å². The predicted octanol–water partition coefficient (Wildman–Crippen LogP) is 7.17. The van der Waals surface area contributed by atoms with Gasteiger partial charge in [0.2, 0.25) is 0 Å². The number of benzene rings is 4. The fraction of sp³-hybridized carbons (Fsp3) is 0.420. The highest BCUT2D eigenvalue weighted by Crippen LogP contribution is 2.35. The zero-order valence-corrected chi connectivity index (χ0v) is 38.3. The molecule has 0 saturated carbocycles. The normalized spacial score (nSPS) is 16.0. The molecule has 0 aliphatic carbocycles. The molecular formula is C50H61N7O8. The Hall–Kier alpha value is -6.29. The topological polar surface area (TPSA) is 129 Å². The van der Waals surface area contributed by atoms with Crippen LogP contribution in [0.25, 0.3) is 27.9 Å². The molecule has 0 unspecified atom stereocenters. The van der Waals surface area contributed by atoms with Gasteiger partial charge in [-0.1, -0.05) is 23.4 Å². The summed E-state index contributed by atoms with van der Waals surface area (Å²) in [5.41, 5.74) is 7.70. The fourth-order valence-corrected chi connectivity index (χ4v) is 8.36. The zero-order chi connectivity index (χ0) is 45.1. The van der Waals surface area contributed by atoms with Gasteiger partial charge < -0.3 is 52.4 Å². The first-order valence-electron chi connectivity index (χ1n) is 22.7. The van der Waals surface area contributed by atoms with Gasteiger partial charge in [0.25, 0.3) is 0 Å². The summed E-state index contributed by atoms with van der Waals surface area (Å²) >= 11 is 0. The van der Waals surface area contributed by atoms with E-state index in [0.29, 0.717) is 109 Å². The number of ether oxygens (including phenoxy) is 6. The minimum absolute atomic E-state index is 0.271. The van der Waals surface area contributed by atoms with Crippen LogP contribution in [0.4, 0.5) is 22.7 Å². The lowest BCUT2D eigenvalue weighted by Gasteiger charge is -2.30. The molecule has 4 aromatic carbocycles. The molecule has 0 amide bonds. The highest BCUT2D eigenvalue weighted by atomic mass is 16.5. The second-order valence-corrected chi connectivity index (χ2v) is 16.2. The number of methoxy groups -OCH3 is 1. The molecule has 1 saturated heterocycles. The van der Waals surface area contributed by atoms with Crippen LogP contribution in [0.15, 0.2) is 94.3 Å². The lowest BCUT2D eigenvalue weighted by atomic mass is 10.1. The summed E-state index contributed by atoms with van der Waals surface area (Å²) in [7, 11) is 1.66. The molecule has 0 N–H and O–H groups in total. The van der Waals surface area contributed by atoms with Gasteiger partial charge in [-0.3, -0.25) is 0 Å². The SMILES string of the molecule is CCN(CC)c1ccc2cc(-n3cc(-c4ccc(N5CCOc6cc(C)ccc6N6CCOCCOCCN(CCOCC6)c6ccc(C)cc6OCC5)c(OC)c4)nn3)c(=O)oc2c1. The number of hydrogen-bond acceptors (Lipinski definition) is 14. The summed E-state index contributed by atoms with van der Waals surface area (Å²) in [5, 5.41) is 9.61. The largest absolute Gasteiger partial charge is 0.495 e. The highest BCUT2D eigenvalue weighted by molar-refractivity contribution is 5.82. The Balaban J connectivity index is 1.09. The maximum atomic E-state index is 13.3. The van der Waals surface area contributed by atoms with Crippen LogP contribution < -0.4 is 39.4 Å². The fourth-order valence-electron chi connectivity index (χ4n) is 8.36. The molecule has 8 rings (SSSR count). The number of rotatable bonds is 7. The molecule has 2 aliphatic heterocycles. The summed E-state index contributed by atoms with van der Waals surface area (Å²) in [4.78, 5) is 22.3. The monoisotopic (exact) mass is 887 g/mol. The van der Waals surface area contributed by atoms with Crippen LogP contribution in [0.2, 0.25) is 0 Å². The number of aromatic nitrogens is 3. The molecule has 15 nitrogen and oxygen atoms in total. The van der Waals surface area contributed by atoms with E-state index in [-0.39, 0.29) is 5.69 Å². The molecule has 2 bridgehead atoms. The molecule has 2 aromatic heterocycles. The summed E-state index contributed by atoms with van der Waals surface area (Å²) in [6.45, 7) is 17.8. The lowest BCUT2D eigenvalue weighted by Crippen LogP contribution is -2.35. The zero-order valence-electron chi connectivity index (χ0n) is 38.3. The maximum absolute atomic E-state index is 13.3. The molecular weight excluding hydrogens is 827 g/mol. The summed E-state index contributed by atoms with van der Waals surface area (Å²) in [6.07, 6.45) is 1.73. The van der Waals surface area contributed by atoms with Crippen molar-refractivity contribution >= 4 is 33.7 Å². The van der Waals surface area contributed by atoms with Gasteiger partial charge in [0.15, 0.2) is 5.69 Å². The first-order chi connectivity index (χ1) is 31.8. The standard InChI is InChI=1S/C50H61N7O8/c1-6-53(7-2)40-12-10-39-32-45(50(58)65-46(39)34-40)57-35-41(51-52-57)38-11-15-42(47(33-38)59-5)56-20-26-63-48-30-36(3)8-13-43(48)54-16-22-60-23-17-55(19-25-62-29-28-61-24-18-54)44-14-9-37(4)31-49(44)64-27-21-56/h8-15,30-35H,6-7,16-29H2,1-5H3. The van der Waals surface area contributed by atoms with Crippen molar-refractivity contribution in [3.8, 4) is 34.2 Å². The third-order valence-corrected chi connectivity index (χ3v) is 11.9. The van der Waals surface area contributed by atoms with Crippen molar-refractivity contribution in [2.24, 2.45) is 0 Å². The van der Waals surface area contributed by atoms with E-state index in [9.17, 15) is 4.79 Å². The number of fused-ring (bicyclic) bond motifs is 11. The quantitative estimate of drug-likeness (QED) is 0.119. The minimum Gasteiger partial charge on any atom is -0.495 e. The van der Waals surface area contributed by atoms with Gasteiger partial charge in [0.05, 0.1) is 83.1 Å². The molecule has 0 radical (unpaired) electrons. The Morgan fingerprint density at radius 3 is 1.75 bits per heavy atom. The number of nitrogens with zero attached hydrogens (tertiary/aromatic N) is 7. The van der Waals surface area contributed by atoms with E-state index in [0.717, 1.165) is 69.4 Å². The Morgan fingerprint density at radius 1 is 0.615 bits per heavy atom. The van der Waals surface area contributed by atoms with E-state index in [1.54, 1.807) is 19.4 Å². The molecule has 344 valence electrons. The number of hydrogen-bond donors (Lipinski definition) is 0. The van der Waals surface area contributed by atoms with Gasteiger partial charge in [0, 0.05) is 62.0 Å². The smallest absolute Gasteiger partial charge is 0.362 e. The van der Waals surface area contributed by atoms with Crippen LogP contribution in [-0.2, 0) is 14.2 Å². The summed E-state index contributed by atoms with van der Waals surface area (Å²) < 4.78 is 45.1. The van der Waals surface area contributed by atoms with Gasteiger partial charge in [-0.25, -0.2) is 9.48 Å². The van der Waals surface area contributed by atoms with E-state index in [4.69, 9.17) is 32.8 Å². The average Bonchev–Trinajstić information content (AvgIpc) is 3.80. The van der Waals surface area contributed by atoms with Crippen LogP contribution in [0, 0.1) is 13.8 Å². The maximum Gasteiger partial charge on any atom is 0.362 e. The minimum atomic E-state index is -0.500. The van der Waals surface area contributed by atoms with Crippen molar-refractivity contribution in [1.29, 1.82) is 0 Å². The van der Waals surface area contributed by atoms with Gasteiger partial charge in [-0.05, 0) is 93.4 Å².